The zero-order chi connectivity index (χ0) is 15.7. The Kier molecular flexibility index (Phi) is 6.96. The van der Waals surface area contributed by atoms with Crippen LogP contribution in [0.25, 0.3) is 0 Å². The molecule has 0 amide bonds. The van der Waals surface area contributed by atoms with Crippen LogP contribution in [0.15, 0.2) is 23.4 Å². The molecule has 0 aliphatic carbocycles. The molecule has 0 saturated carbocycles. The van der Waals surface area contributed by atoms with Crippen molar-refractivity contribution in [3.63, 3.8) is 0 Å². The summed E-state index contributed by atoms with van der Waals surface area (Å²) in [6, 6.07) is 3.66. The second-order valence-corrected chi connectivity index (χ2v) is 4.47. The lowest BCUT2D eigenvalue weighted by Gasteiger charge is -2.05. The maximum Gasteiger partial charge on any atom is 0.306 e. The second kappa shape index (κ2) is 8.75. The van der Waals surface area contributed by atoms with Gasteiger partial charge in [-0.2, -0.15) is 0 Å². The molecule has 0 heterocycles. The molecule has 0 aliphatic heterocycles. The van der Waals surface area contributed by atoms with Crippen LogP contribution in [0.5, 0.6) is 0 Å². The highest BCUT2D eigenvalue weighted by Crippen LogP contribution is 2.23. The third-order valence-corrected chi connectivity index (χ3v) is 2.76. The molecule has 0 fully saturated rings. The Morgan fingerprint density at radius 2 is 2.05 bits per heavy atom. The molecular weight excluding hydrogens is 278 g/mol. The van der Waals surface area contributed by atoms with E-state index in [1.807, 2.05) is 0 Å². The van der Waals surface area contributed by atoms with Gasteiger partial charge in [-0.05, 0) is 36.2 Å². The lowest BCUT2D eigenvalue weighted by atomic mass is 10.2. The van der Waals surface area contributed by atoms with Crippen molar-refractivity contribution in [2.75, 3.05) is 6.54 Å². The number of hydrogen-bond donors (Lipinski definition) is 1. The lowest BCUT2D eigenvalue weighted by molar-refractivity contribution is -0.384. The number of carbonyl (C=O) groups excluding carboxylic acids is 1. The van der Waals surface area contributed by atoms with Crippen molar-refractivity contribution in [1.29, 1.82) is 0 Å². The zero-order valence-corrected chi connectivity index (χ0v) is 11.5. The summed E-state index contributed by atoms with van der Waals surface area (Å²) in [5, 5.41) is 13.4. The standard InChI is InChI=1S/C13H17N3O5/c14-5-3-1-2-4-13(17)21-9-10-6-11(15-18)8-12(7-10)16(19)20/h6-8H,1-5,9,14H2. The number of nitrogens with two attached hydrogens (primary N) is 1. The number of nitroso groups, excluding NO2 is 1. The van der Waals surface area contributed by atoms with E-state index in [2.05, 4.69) is 5.18 Å². The number of benzene rings is 1. The molecule has 8 heteroatoms. The van der Waals surface area contributed by atoms with Gasteiger partial charge in [0.05, 0.1) is 4.92 Å². The van der Waals surface area contributed by atoms with E-state index in [0.717, 1.165) is 18.9 Å². The normalized spacial score (nSPS) is 10.1. The van der Waals surface area contributed by atoms with Gasteiger partial charge in [0.15, 0.2) is 0 Å². The molecule has 2 N–H and O–H groups in total. The number of nitro benzene ring substituents is 1. The first kappa shape index (κ1) is 16.7. The van der Waals surface area contributed by atoms with E-state index in [-0.39, 0.29) is 30.4 Å². The van der Waals surface area contributed by atoms with Crippen LogP contribution in [0.1, 0.15) is 31.2 Å². The molecule has 114 valence electrons. The van der Waals surface area contributed by atoms with Crippen molar-refractivity contribution < 1.29 is 14.5 Å². The van der Waals surface area contributed by atoms with Crippen LogP contribution in [-0.2, 0) is 16.1 Å². The van der Waals surface area contributed by atoms with E-state index in [1.165, 1.54) is 12.1 Å². The van der Waals surface area contributed by atoms with Gasteiger partial charge in [0.1, 0.15) is 12.3 Å². The number of ether oxygens (including phenoxy) is 1. The minimum atomic E-state index is -0.632. The molecule has 0 atom stereocenters. The largest absolute Gasteiger partial charge is 0.461 e. The van der Waals surface area contributed by atoms with Gasteiger partial charge in [0.2, 0.25) is 0 Å². The summed E-state index contributed by atoms with van der Waals surface area (Å²) < 4.78 is 5.01. The van der Waals surface area contributed by atoms with Crippen molar-refractivity contribution in [3.05, 3.63) is 38.8 Å². The summed E-state index contributed by atoms with van der Waals surface area (Å²) in [4.78, 5) is 32.0. The number of non-ortho nitro benzene ring substituents is 1. The fraction of sp³-hybridized carbons (Fsp3) is 0.462. The van der Waals surface area contributed by atoms with Crippen molar-refractivity contribution in [2.45, 2.75) is 32.3 Å². The summed E-state index contributed by atoms with van der Waals surface area (Å²) in [6.07, 6.45) is 2.66. The first-order valence-corrected chi connectivity index (χ1v) is 6.54. The van der Waals surface area contributed by atoms with Gasteiger partial charge in [-0.3, -0.25) is 14.9 Å². The molecular formula is C13H17N3O5. The van der Waals surface area contributed by atoms with Crippen LogP contribution < -0.4 is 5.73 Å². The fourth-order valence-corrected chi connectivity index (χ4v) is 1.72. The molecule has 0 bridgehead atoms. The van der Waals surface area contributed by atoms with Gasteiger partial charge in [-0.25, -0.2) is 0 Å². The van der Waals surface area contributed by atoms with E-state index in [4.69, 9.17) is 10.5 Å². The Labute approximate surface area is 121 Å². The van der Waals surface area contributed by atoms with Crippen LogP contribution in [0.4, 0.5) is 11.4 Å². The maximum atomic E-state index is 11.5. The average Bonchev–Trinajstić information content (AvgIpc) is 2.49. The predicted octanol–water partition coefficient (Wildman–Crippen LogP) is 2.56. The third kappa shape index (κ3) is 6.09. The number of rotatable bonds is 9. The molecule has 0 spiro atoms. The smallest absolute Gasteiger partial charge is 0.306 e. The predicted molar refractivity (Wildman–Crippen MR) is 75.9 cm³/mol. The topological polar surface area (TPSA) is 125 Å². The summed E-state index contributed by atoms with van der Waals surface area (Å²) in [5.41, 5.74) is 5.36. The van der Waals surface area contributed by atoms with E-state index < -0.39 is 4.92 Å². The summed E-state index contributed by atoms with van der Waals surface area (Å²) >= 11 is 0. The van der Waals surface area contributed by atoms with Crippen molar-refractivity contribution in [1.82, 2.24) is 0 Å². The van der Waals surface area contributed by atoms with Gasteiger partial charge in [-0.15, -0.1) is 4.91 Å². The summed E-state index contributed by atoms with van der Waals surface area (Å²) in [7, 11) is 0. The van der Waals surface area contributed by atoms with Crippen molar-refractivity contribution >= 4 is 17.3 Å². The quantitative estimate of drug-likeness (QED) is 0.245. The maximum absolute atomic E-state index is 11.5. The van der Waals surface area contributed by atoms with Crippen LogP contribution in [0.2, 0.25) is 0 Å². The summed E-state index contributed by atoms with van der Waals surface area (Å²) in [5.74, 6) is -0.390. The van der Waals surface area contributed by atoms with E-state index in [9.17, 15) is 19.8 Å². The molecule has 0 radical (unpaired) electrons. The number of unbranched alkanes of at least 4 members (excludes halogenated alkanes) is 2. The van der Waals surface area contributed by atoms with Crippen molar-refractivity contribution in [2.24, 2.45) is 10.9 Å². The highest BCUT2D eigenvalue weighted by Gasteiger charge is 2.11. The fourth-order valence-electron chi connectivity index (χ4n) is 1.72. The number of nitrogens with zero attached hydrogens (tertiary/aromatic N) is 2. The number of hydrogen-bond acceptors (Lipinski definition) is 7. The highest BCUT2D eigenvalue weighted by atomic mass is 16.6. The monoisotopic (exact) mass is 295 g/mol. The summed E-state index contributed by atoms with van der Waals surface area (Å²) in [6.45, 7) is 0.462. The Balaban J connectivity index is 2.54. The molecule has 21 heavy (non-hydrogen) atoms. The first-order valence-electron chi connectivity index (χ1n) is 6.54. The van der Waals surface area contributed by atoms with Gasteiger partial charge in [-0.1, -0.05) is 6.42 Å². The van der Waals surface area contributed by atoms with Crippen molar-refractivity contribution in [3.8, 4) is 0 Å². The van der Waals surface area contributed by atoms with Gasteiger partial charge in [0.25, 0.3) is 5.69 Å². The molecule has 0 unspecified atom stereocenters. The lowest BCUT2D eigenvalue weighted by Crippen LogP contribution is -2.05. The van der Waals surface area contributed by atoms with E-state index in [0.29, 0.717) is 18.5 Å². The van der Waals surface area contributed by atoms with E-state index in [1.54, 1.807) is 0 Å². The van der Waals surface area contributed by atoms with Crippen LogP contribution in [0, 0.1) is 15.0 Å². The van der Waals surface area contributed by atoms with Gasteiger partial charge in [0, 0.05) is 18.6 Å². The Bertz CT molecular complexity index is 519. The SMILES string of the molecule is NCCCCCC(=O)OCc1cc(N=O)cc([N+](=O)[O-])c1. The molecule has 0 saturated heterocycles. The highest BCUT2D eigenvalue weighted by molar-refractivity contribution is 5.69. The molecule has 1 rings (SSSR count). The molecule has 8 nitrogen and oxygen atoms in total. The number of carbonyl (C=O) groups is 1. The Morgan fingerprint density at radius 3 is 2.67 bits per heavy atom. The van der Waals surface area contributed by atoms with Crippen LogP contribution in [0.3, 0.4) is 0 Å². The average molecular weight is 295 g/mol. The molecule has 1 aromatic rings. The van der Waals surface area contributed by atoms with Gasteiger partial charge < -0.3 is 10.5 Å². The number of esters is 1. The van der Waals surface area contributed by atoms with E-state index >= 15 is 0 Å². The molecule has 0 aliphatic rings. The molecule has 1 aromatic carbocycles. The third-order valence-electron chi connectivity index (χ3n) is 2.76. The first-order chi connectivity index (χ1) is 10.1. The van der Waals surface area contributed by atoms with Gasteiger partial charge >= 0.3 is 5.97 Å². The Morgan fingerprint density at radius 1 is 1.29 bits per heavy atom. The van der Waals surface area contributed by atoms with Crippen LogP contribution >= 0.6 is 0 Å². The van der Waals surface area contributed by atoms with Crippen LogP contribution in [-0.4, -0.2) is 17.4 Å². The minimum absolute atomic E-state index is 0.0711. The Hall–Kier alpha value is -2.35. The second-order valence-electron chi connectivity index (χ2n) is 4.47. The zero-order valence-electron chi connectivity index (χ0n) is 11.5. The number of nitro groups is 1. The molecule has 0 aromatic heterocycles. The minimum Gasteiger partial charge on any atom is -0.461 e.